The summed E-state index contributed by atoms with van der Waals surface area (Å²) in [6, 6.07) is 4.22. The number of rotatable bonds is 8. The first-order valence-corrected chi connectivity index (χ1v) is 6.85. The minimum absolute atomic E-state index is 0.222. The van der Waals surface area contributed by atoms with Crippen LogP contribution < -0.4 is 4.74 Å². The number of ether oxygens (including phenoxy) is 3. The van der Waals surface area contributed by atoms with E-state index in [4.69, 9.17) is 25.8 Å². The van der Waals surface area contributed by atoms with E-state index in [0.717, 1.165) is 6.42 Å². The quantitative estimate of drug-likeness (QED) is 0.420. The summed E-state index contributed by atoms with van der Waals surface area (Å²) in [5.74, 6) is 5.81. The second-order valence-electron chi connectivity index (χ2n) is 3.88. The molecule has 1 aromatic rings. The van der Waals surface area contributed by atoms with Crippen LogP contribution in [0.2, 0.25) is 0 Å². The summed E-state index contributed by atoms with van der Waals surface area (Å²) in [7, 11) is 1.65. The molecular formula is C15H18ClFO3. The Balaban J connectivity index is 2.40. The number of halogens is 2. The average Bonchev–Trinajstić information content (AvgIpc) is 2.45. The van der Waals surface area contributed by atoms with Crippen molar-refractivity contribution in [1.82, 2.24) is 0 Å². The van der Waals surface area contributed by atoms with Gasteiger partial charge < -0.3 is 14.2 Å². The maximum atomic E-state index is 13.2. The van der Waals surface area contributed by atoms with Crippen molar-refractivity contribution in [3.63, 3.8) is 0 Å². The molecule has 0 spiro atoms. The van der Waals surface area contributed by atoms with Crippen molar-refractivity contribution in [2.75, 3.05) is 39.4 Å². The fraction of sp³-hybridized carbons (Fsp3) is 0.467. The van der Waals surface area contributed by atoms with Gasteiger partial charge in [0.15, 0.2) is 0 Å². The SMILES string of the molecule is COCCCOCCOc1cc(F)ccc1C#CCCl. The van der Waals surface area contributed by atoms with Gasteiger partial charge in [-0.05, 0) is 18.6 Å². The summed E-state index contributed by atoms with van der Waals surface area (Å²) >= 11 is 5.50. The van der Waals surface area contributed by atoms with Crippen LogP contribution in [-0.4, -0.2) is 39.4 Å². The highest BCUT2D eigenvalue weighted by Gasteiger charge is 2.03. The molecule has 0 unspecified atom stereocenters. The lowest BCUT2D eigenvalue weighted by Crippen LogP contribution is -2.09. The van der Waals surface area contributed by atoms with Crippen molar-refractivity contribution in [1.29, 1.82) is 0 Å². The fourth-order valence-electron chi connectivity index (χ4n) is 1.47. The van der Waals surface area contributed by atoms with Crippen molar-refractivity contribution >= 4 is 11.6 Å². The van der Waals surface area contributed by atoms with Gasteiger partial charge >= 0.3 is 0 Å². The molecule has 0 amide bonds. The molecule has 0 saturated carbocycles. The Morgan fingerprint density at radius 2 is 2.05 bits per heavy atom. The smallest absolute Gasteiger partial charge is 0.137 e. The number of hydrogen-bond acceptors (Lipinski definition) is 3. The Hall–Kier alpha value is -1.28. The van der Waals surface area contributed by atoms with Crippen LogP contribution >= 0.6 is 11.6 Å². The molecule has 0 aliphatic rings. The summed E-state index contributed by atoms with van der Waals surface area (Å²) < 4.78 is 28.9. The van der Waals surface area contributed by atoms with Crippen molar-refractivity contribution in [3.8, 4) is 17.6 Å². The lowest BCUT2D eigenvalue weighted by molar-refractivity contribution is 0.0805. The van der Waals surface area contributed by atoms with Crippen LogP contribution in [0.25, 0.3) is 0 Å². The molecule has 5 heteroatoms. The first-order valence-electron chi connectivity index (χ1n) is 6.31. The van der Waals surface area contributed by atoms with Crippen molar-refractivity contribution in [3.05, 3.63) is 29.6 Å². The molecular weight excluding hydrogens is 283 g/mol. The van der Waals surface area contributed by atoms with Crippen LogP contribution in [-0.2, 0) is 9.47 Å². The molecule has 3 nitrogen and oxygen atoms in total. The first kappa shape index (κ1) is 16.8. The number of methoxy groups -OCH3 is 1. The summed E-state index contributed by atoms with van der Waals surface area (Å²) in [5, 5.41) is 0. The van der Waals surface area contributed by atoms with E-state index < -0.39 is 0 Å². The van der Waals surface area contributed by atoms with Gasteiger partial charge in [0, 0.05) is 26.4 Å². The van der Waals surface area contributed by atoms with Gasteiger partial charge in [0.05, 0.1) is 18.1 Å². The Bertz CT molecular complexity index is 454. The molecule has 0 aliphatic heterocycles. The van der Waals surface area contributed by atoms with E-state index in [9.17, 15) is 4.39 Å². The maximum absolute atomic E-state index is 13.2. The molecule has 0 atom stereocenters. The zero-order chi connectivity index (χ0) is 14.6. The van der Waals surface area contributed by atoms with Gasteiger partial charge in [-0.15, -0.1) is 11.6 Å². The third-order valence-corrected chi connectivity index (χ3v) is 2.49. The summed E-state index contributed by atoms with van der Waals surface area (Å²) in [4.78, 5) is 0. The Morgan fingerprint density at radius 3 is 2.80 bits per heavy atom. The summed E-state index contributed by atoms with van der Waals surface area (Å²) in [6.07, 6.45) is 0.836. The van der Waals surface area contributed by atoms with E-state index in [-0.39, 0.29) is 11.7 Å². The monoisotopic (exact) mass is 300 g/mol. The molecule has 0 aliphatic carbocycles. The Kier molecular flexibility index (Phi) is 8.81. The molecule has 1 rings (SSSR count). The minimum Gasteiger partial charge on any atom is -0.490 e. The number of alkyl halides is 1. The number of benzene rings is 1. The lowest BCUT2D eigenvalue weighted by atomic mass is 10.2. The van der Waals surface area contributed by atoms with Gasteiger partial charge in [0.25, 0.3) is 0 Å². The predicted octanol–water partition coefficient (Wildman–Crippen LogP) is 2.85. The van der Waals surface area contributed by atoms with Gasteiger partial charge in [-0.3, -0.25) is 0 Å². The molecule has 0 bridgehead atoms. The topological polar surface area (TPSA) is 27.7 Å². The molecule has 110 valence electrons. The van der Waals surface area contributed by atoms with E-state index in [1.807, 2.05) is 0 Å². The molecule has 0 radical (unpaired) electrons. The molecule has 0 aromatic heterocycles. The average molecular weight is 301 g/mol. The van der Waals surface area contributed by atoms with Crippen molar-refractivity contribution in [2.45, 2.75) is 6.42 Å². The highest BCUT2D eigenvalue weighted by atomic mass is 35.5. The molecule has 0 saturated heterocycles. The van der Waals surface area contributed by atoms with Gasteiger partial charge in [-0.1, -0.05) is 11.8 Å². The molecule has 0 heterocycles. The summed E-state index contributed by atoms with van der Waals surface area (Å²) in [5.41, 5.74) is 0.617. The van der Waals surface area contributed by atoms with Crippen LogP contribution in [0.4, 0.5) is 4.39 Å². The fourth-order valence-corrected chi connectivity index (χ4v) is 1.53. The largest absolute Gasteiger partial charge is 0.490 e. The zero-order valence-electron chi connectivity index (χ0n) is 11.5. The second-order valence-corrected chi connectivity index (χ2v) is 4.15. The van der Waals surface area contributed by atoms with Crippen LogP contribution in [0.3, 0.4) is 0 Å². The maximum Gasteiger partial charge on any atom is 0.137 e. The highest BCUT2D eigenvalue weighted by Crippen LogP contribution is 2.19. The van der Waals surface area contributed by atoms with E-state index in [1.54, 1.807) is 13.2 Å². The Morgan fingerprint density at radius 1 is 1.20 bits per heavy atom. The van der Waals surface area contributed by atoms with Gasteiger partial charge in [0.1, 0.15) is 18.2 Å². The van der Waals surface area contributed by atoms with Crippen molar-refractivity contribution in [2.24, 2.45) is 0 Å². The zero-order valence-corrected chi connectivity index (χ0v) is 12.2. The van der Waals surface area contributed by atoms with Gasteiger partial charge in [-0.2, -0.15) is 0 Å². The van der Waals surface area contributed by atoms with E-state index in [2.05, 4.69) is 11.8 Å². The lowest BCUT2D eigenvalue weighted by Gasteiger charge is -2.09. The standard InChI is InChI=1S/C15H18ClFO3/c1-18-8-3-9-19-10-11-20-15-12-14(17)6-5-13(15)4-2-7-16/h5-6,12H,3,7-11H2,1H3. The summed E-state index contributed by atoms with van der Waals surface area (Å²) in [6.45, 7) is 2.05. The van der Waals surface area contributed by atoms with Gasteiger partial charge in [0.2, 0.25) is 0 Å². The molecule has 0 fully saturated rings. The number of hydrogen-bond donors (Lipinski definition) is 0. The Labute approximate surface area is 124 Å². The van der Waals surface area contributed by atoms with Gasteiger partial charge in [-0.25, -0.2) is 4.39 Å². The van der Waals surface area contributed by atoms with E-state index in [1.165, 1.54) is 12.1 Å². The third-order valence-electron chi connectivity index (χ3n) is 2.36. The first-order chi connectivity index (χ1) is 9.77. The van der Waals surface area contributed by atoms with Crippen LogP contribution in [0.5, 0.6) is 5.75 Å². The predicted molar refractivity (Wildman–Crippen MR) is 76.8 cm³/mol. The third kappa shape index (κ3) is 6.76. The highest BCUT2D eigenvalue weighted by molar-refractivity contribution is 6.19. The molecule has 0 N–H and O–H groups in total. The van der Waals surface area contributed by atoms with Crippen LogP contribution in [0.1, 0.15) is 12.0 Å². The van der Waals surface area contributed by atoms with Crippen LogP contribution in [0.15, 0.2) is 18.2 Å². The minimum atomic E-state index is -0.363. The second kappa shape index (κ2) is 10.5. The van der Waals surface area contributed by atoms with Crippen molar-refractivity contribution < 1.29 is 18.6 Å². The van der Waals surface area contributed by atoms with E-state index in [0.29, 0.717) is 37.7 Å². The van der Waals surface area contributed by atoms with E-state index >= 15 is 0 Å². The van der Waals surface area contributed by atoms with Crippen LogP contribution in [0, 0.1) is 17.7 Å². The molecule has 1 aromatic carbocycles. The normalized spacial score (nSPS) is 9.95. The molecule has 20 heavy (non-hydrogen) atoms.